The summed E-state index contributed by atoms with van der Waals surface area (Å²) in [5.41, 5.74) is 4.61. The number of carbonyl (C=O) groups excluding carboxylic acids is 1. The number of fused-ring (bicyclic) bond motifs is 2. The van der Waals surface area contributed by atoms with Gasteiger partial charge < -0.3 is 28.7 Å². The average Bonchev–Trinajstić information content (AvgIpc) is 3.20. The van der Waals surface area contributed by atoms with Gasteiger partial charge in [-0.2, -0.15) is 0 Å². The van der Waals surface area contributed by atoms with Crippen LogP contribution in [0.15, 0.2) is 42.6 Å². The summed E-state index contributed by atoms with van der Waals surface area (Å²) in [7, 11) is 8.72. The number of hydrogen-bond donors (Lipinski definition) is 0. The van der Waals surface area contributed by atoms with Crippen LogP contribution in [0.5, 0.6) is 23.0 Å². The highest BCUT2D eigenvalue weighted by atomic mass is 16.5. The minimum Gasteiger partial charge on any atom is -0.493 e. The summed E-state index contributed by atoms with van der Waals surface area (Å²) in [4.78, 5) is 16.9. The van der Waals surface area contributed by atoms with E-state index in [4.69, 9.17) is 18.9 Å². The van der Waals surface area contributed by atoms with Crippen molar-refractivity contribution in [3.63, 3.8) is 0 Å². The summed E-state index contributed by atoms with van der Waals surface area (Å²) < 4.78 is 21.7. The number of methoxy groups -OCH3 is 4. The second-order valence-corrected chi connectivity index (χ2v) is 9.39. The second kappa shape index (κ2) is 11.5. The van der Waals surface area contributed by atoms with Gasteiger partial charge in [0.25, 0.3) is 0 Å². The smallest absolute Gasteiger partial charge is 0.231 e. The lowest BCUT2D eigenvalue weighted by atomic mass is 10.0. The van der Waals surface area contributed by atoms with Gasteiger partial charge in [0.1, 0.15) is 0 Å². The zero-order chi connectivity index (χ0) is 25.7. The van der Waals surface area contributed by atoms with Gasteiger partial charge in [0.05, 0.1) is 34.9 Å². The Hall–Kier alpha value is -3.45. The third kappa shape index (κ3) is 5.68. The molecule has 0 spiro atoms. The molecule has 0 atom stereocenters. The first kappa shape index (κ1) is 25.6. The molecule has 2 aromatic carbocycles. The maximum Gasteiger partial charge on any atom is 0.231 e. The van der Waals surface area contributed by atoms with Crippen molar-refractivity contribution in [2.45, 2.75) is 19.3 Å². The van der Waals surface area contributed by atoms with Gasteiger partial charge in [0.15, 0.2) is 23.0 Å². The van der Waals surface area contributed by atoms with E-state index in [1.54, 1.807) is 33.3 Å². The Bertz CT molecular complexity index is 1120. The quantitative estimate of drug-likeness (QED) is 0.468. The van der Waals surface area contributed by atoms with Gasteiger partial charge in [-0.15, -0.1) is 0 Å². The predicted octanol–water partition coefficient (Wildman–Crippen LogP) is 3.98. The van der Waals surface area contributed by atoms with Crippen molar-refractivity contribution < 1.29 is 23.7 Å². The number of amides is 1. The van der Waals surface area contributed by atoms with E-state index in [-0.39, 0.29) is 5.91 Å². The Balaban J connectivity index is 1.28. The summed E-state index contributed by atoms with van der Waals surface area (Å²) in [6, 6.07) is 8.03. The molecule has 2 aliphatic rings. The topological polar surface area (TPSA) is 60.5 Å². The van der Waals surface area contributed by atoms with Crippen molar-refractivity contribution in [1.29, 1.82) is 0 Å². The Morgan fingerprint density at radius 1 is 0.861 bits per heavy atom. The lowest BCUT2D eigenvalue weighted by Gasteiger charge is -2.19. The zero-order valence-electron chi connectivity index (χ0n) is 21.9. The van der Waals surface area contributed by atoms with E-state index in [0.29, 0.717) is 30.4 Å². The normalized spacial score (nSPS) is 15.3. The first-order valence-electron chi connectivity index (χ1n) is 12.3. The fourth-order valence-corrected chi connectivity index (χ4v) is 5.05. The van der Waals surface area contributed by atoms with Crippen LogP contribution >= 0.6 is 0 Å². The number of hydrogen-bond acceptors (Lipinski definition) is 6. The molecule has 1 aliphatic heterocycles. The largest absolute Gasteiger partial charge is 0.493 e. The van der Waals surface area contributed by atoms with E-state index in [2.05, 4.69) is 36.2 Å². The van der Waals surface area contributed by atoms with Crippen LogP contribution in [-0.4, -0.2) is 70.8 Å². The van der Waals surface area contributed by atoms with Crippen LogP contribution in [0.3, 0.4) is 0 Å². The van der Waals surface area contributed by atoms with Crippen molar-refractivity contribution in [2.24, 2.45) is 5.92 Å². The summed E-state index contributed by atoms with van der Waals surface area (Å²) in [6.45, 7) is 2.38. The molecular formula is C29H36N2O5. The standard InChI is InChI=1S/C29H36N2O5/c1-30(19-20-12-22-15-26(34-3)27(35-4)16-23(22)13-20)9-6-7-10-31-11-8-21-14-25(33-2)28(36-5)17-24(21)18-29(31)32/h6-8,11,14-17,20H,9-10,12-13,18-19H2,1-5H3/b7-6-. The number of carbonyl (C=O) groups is 1. The Kier molecular flexibility index (Phi) is 8.21. The van der Waals surface area contributed by atoms with E-state index in [1.807, 2.05) is 24.4 Å². The maximum atomic E-state index is 12.8. The van der Waals surface area contributed by atoms with Crippen molar-refractivity contribution in [3.8, 4) is 23.0 Å². The van der Waals surface area contributed by atoms with Crippen LogP contribution < -0.4 is 18.9 Å². The lowest BCUT2D eigenvalue weighted by Crippen LogP contribution is -2.28. The van der Waals surface area contributed by atoms with Gasteiger partial charge in [-0.25, -0.2) is 0 Å². The van der Waals surface area contributed by atoms with Crippen molar-refractivity contribution in [1.82, 2.24) is 9.80 Å². The minimum absolute atomic E-state index is 0.0600. The molecule has 1 aliphatic carbocycles. The van der Waals surface area contributed by atoms with Crippen LogP contribution in [0.1, 0.15) is 22.3 Å². The lowest BCUT2D eigenvalue weighted by molar-refractivity contribution is -0.127. The van der Waals surface area contributed by atoms with Crippen LogP contribution in [0.2, 0.25) is 0 Å². The fraction of sp³-hybridized carbons (Fsp3) is 0.414. The average molecular weight is 493 g/mol. The number of likely N-dealkylation sites (N-methyl/N-ethyl adjacent to an activating group) is 1. The Morgan fingerprint density at radius 3 is 2.00 bits per heavy atom. The molecule has 0 fully saturated rings. The summed E-state index contributed by atoms with van der Waals surface area (Å²) in [5.74, 6) is 3.52. The zero-order valence-corrected chi connectivity index (χ0v) is 21.9. The first-order valence-corrected chi connectivity index (χ1v) is 12.3. The molecular weight excluding hydrogens is 456 g/mol. The van der Waals surface area contributed by atoms with Crippen molar-refractivity contribution in [3.05, 3.63) is 64.9 Å². The third-order valence-electron chi connectivity index (χ3n) is 6.92. The SMILES string of the molecule is COc1cc2c(cc1OC)CC(=O)N(C/C=C\CN(C)CC1Cc3cc(OC)c(OC)cc3C1)C=C2. The minimum atomic E-state index is 0.0600. The molecule has 0 saturated heterocycles. The first-order chi connectivity index (χ1) is 17.4. The van der Waals surface area contributed by atoms with Crippen molar-refractivity contribution >= 4 is 12.0 Å². The van der Waals surface area contributed by atoms with Gasteiger partial charge in [0.2, 0.25) is 5.91 Å². The molecule has 2 aromatic rings. The highest BCUT2D eigenvalue weighted by Gasteiger charge is 2.25. The number of ether oxygens (including phenoxy) is 4. The molecule has 1 heterocycles. The van der Waals surface area contributed by atoms with E-state index in [1.165, 1.54) is 11.1 Å². The van der Waals surface area contributed by atoms with E-state index in [9.17, 15) is 4.79 Å². The molecule has 0 radical (unpaired) electrons. The maximum absolute atomic E-state index is 12.8. The van der Waals surface area contributed by atoms with Gasteiger partial charge in [-0.05, 0) is 78.4 Å². The summed E-state index contributed by atoms with van der Waals surface area (Å²) in [6.07, 6.45) is 10.4. The Morgan fingerprint density at radius 2 is 1.42 bits per heavy atom. The van der Waals surface area contributed by atoms with Gasteiger partial charge in [-0.1, -0.05) is 12.2 Å². The predicted molar refractivity (Wildman–Crippen MR) is 141 cm³/mol. The molecule has 0 saturated carbocycles. The molecule has 0 aromatic heterocycles. The summed E-state index contributed by atoms with van der Waals surface area (Å²) in [5, 5.41) is 0. The molecule has 0 unspecified atom stereocenters. The van der Waals surface area contributed by atoms with Gasteiger partial charge >= 0.3 is 0 Å². The van der Waals surface area contributed by atoms with E-state index < -0.39 is 0 Å². The summed E-state index contributed by atoms with van der Waals surface area (Å²) >= 11 is 0. The monoisotopic (exact) mass is 492 g/mol. The third-order valence-corrected chi connectivity index (χ3v) is 6.92. The van der Waals surface area contributed by atoms with E-state index >= 15 is 0 Å². The molecule has 7 heteroatoms. The number of benzene rings is 2. The van der Waals surface area contributed by atoms with Crippen LogP contribution in [-0.2, 0) is 24.1 Å². The fourth-order valence-electron chi connectivity index (χ4n) is 5.05. The molecule has 7 nitrogen and oxygen atoms in total. The van der Waals surface area contributed by atoms with E-state index in [0.717, 1.165) is 48.6 Å². The molecule has 4 rings (SSSR count). The molecule has 1 amide bonds. The Labute approximate surface area is 213 Å². The molecule has 36 heavy (non-hydrogen) atoms. The van der Waals surface area contributed by atoms with Crippen LogP contribution in [0.25, 0.3) is 6.08 Å². The van der Waals surface area contributed by atoms with Crippen LogP contribution in [0, 0.1) is 5.92 Å². The highest BCUT2D eigenvalue weighted by Crippen LogP contribution is 2.37. The molecule has 0 bridgehead atoms. The molecule has 192 valence electrons. The second-order valence-electron chi connectivity index (χ2n) is 9.39. The number of rotatable bonds is 10. The highest BCUT2D eigenvalue weighted by molar-refractivity contribution is 5.84. The van der Waals surface area contributed by atoms with Crippen LogP contribution in [0.4, 0.5) is 0 Å². The number of nitrogens with zero attached hydrogens (tertiary/aromatic N) is 2. The van der Waals surface area contributed by atoms with Gasteiger partial charge in [-0.3, -0.25) is 4.79 Å². The van der Waals surface area contributed by atoms with Crippen molar-refractivity contribution in [2.75, 3.05) is 55.1 Å². The molecule has 0 N–H and O–H groups in total. The van der Waals surface area contributed by atoms with Gasteiger partial charge in [0, 0.05) is 25.8 Å².